The zero-order valence-corrected chi connectivity index (χ0v) is 17.1. The van der Waals surface area contributed by atoms with E-state index in [4.69, 9.17) is 0 Å². The maximum Gasteiger partial charge on any atom is 0.320 e. The summed E-state index contributed by atoms with van der Waals surface area (Å²) in [5, 5.41) is 13.5. The Hall–Kier alpha value is -2.81. The standard InChI is InChI=1S/C19H20BrFN6O/c1-12(15-7-8-22-10-16(15)20)9-23-19(28)24-18-13(2)27(26-25-18)11-14-5-3-4-6-17(14)21/h3-8,10,12H,9,11H2,1-2H3,(H2,23,24,28). The molecule has 2 N–H and O–H groups in total. The molecule has 0 aliphatic heterocycles. The van der Waals surface area contributed by atoms with Gasteiger partial charge in [-0.25, -0.2) is 13.9 Å². The number of urea groups is 1. The lowest BCUT2D eigenvalue weighted by Crippen LogP contribution is -2.32. The number of aromatic nitrogens is 4. The maximum absolute atomic E-state index is 13.8. The van der Waals surface area contributed by atoms with Crippen molar-refractivity contribution in [2.45, 2.75) is 26.3 Å². The normalized spacial score (nSPS) is 11.9. The average Bonchev–Trinajstić information content (AvgIpc) is 3.02. The van der Waals surface area contributed by atoms with Crippen LogP contribution in [0.3, 0.4) is 0 Å². The second kappa shape index (κ2) is 8.92. The van der Waals surface area contributed by atoms with Crippen LogP contribution in [0.4, 0.5) is 15.0 Å². The first kappa shape index (κ1) is 19.9. The first-order chi connectivity index (χ1) is 13.5. The van der Waals surface area contributed by atoms with Gasteiger partial charge in [0, 0.05) is 29.0 Å². The predicted molar refractivity (Wildman–Crippen MR) is 108 cm³/mol. The Labute approximate surface area is 170 Å². The van der Waals surface area contributed by atoms with Crippen LogP contribution in [0, 0.1) is 12.7 Å². The van der Waals surface area contributed by atoms with Crippen LogP contribution in [-0.4, -0.2) is 32.6 Å². The number of benzene rings is 1. The van der Waals surface area contributed by atoms with Crippen molar-refractivity contribution in [1.29, 1.82) is 0 Å². The number of carbonyl (C=O) groups is 1. The Kier molecular flexibility index (Phi) is 6.35. The molecule has 2 amide bonds. The molecular formula is C19H20BrFN6O. The van der Waals surface area contributed by atoms with Gasteiger partial charge in [0.1, 0.15) is 5.82 Å². The summed E-state index contributed by atoms with van der Waals surface area (Å²) in [6, 6.07) is 8.02. The van der Waals surface area contributed by atoms with Crippen molar-refractivity contribution in [2.75, 3.05) is 11.9 Å². The molecule has 9 heteroatoms. The van der Waals surface area contributed by atoms with Gasteiger partial charge >= 0.3 is 6.03 Å². The van der Waals surface area contributed by atoms with E-state index in [1.165, 1.54) is 6.07 Å². The molecule has 2 aromatic heterocycles. The molecule has 3 aromatic rings. The van der Waals surface area contributed by atoms with E-state index < -0.39 is 0 Å². The third-order valence-electron chi connectivity index (χ3n) is 4.40. The Morgan fingerprint density at radius 1 is 1.32 bits per heavy atom. The van der Waals surface area contributed by atoms with E-state index in [0.717, 1.165) is 10.0 Å². The molecule has 146 valence electrons. The summed E-state index contributed by atoms with van der Waals surface area (Å²) in [7, 11) is 0. The molecule has 0 radical (unpaired) electrons. The van der Waals surface area contributed by atoms with Crippen molar-refractivity contribution >= 4 is 27.8 Å². The fourth-order valence-electron chi connectivity index (χ4n) is 2.71. The van der Waals surface area contributed by atoms with Crippen LogP contribution in [-0.2, 0) is 6.54 Å². The van der Waals surface area contributed by atoms with Crippen LogP contribution in [0.1, 0.15) is 29.7 Å². The molecule has 0 fully saturated rings. The van der Waals surface area contributed by atoms with Crippen molar-refractivity contribution in [1.82, 2.24) is 25.3 Å². The third-order valence-corrected chi connectivity index (χ3v) is 5.06. The van der Waals surface area contributed by atoms with Crippen LogP contribution < -0.4 is 10.6 Å². The van der Waals surface area contributed by atoms with Gasteiger partial charge in [-0.2, -0.15) is 0 Å². The van der Waals surface area contributed by atoms with Crippen LogP contribution in [0.15, 0.2) is 47.2 Å². The number of carbonyl (C=O) groups excluding carboxylic acids is 1. The monoisotopic (exact) mass is 446 g/mol. The number of pyridine rings is 1. The highest BCUT2D eigenvalue weighted by Crippen LogP contribution is 2.23. The van der Waals surface area contributed by atoms with Crippen molar-refractivity contribution in [3.8, 4) is 0 Å². The van der Waals surface area contributed by atoms with E-state index in [2.05, 4.69) is 41.9 Å². The summed E-state index contributed by atoms with van der Waals surface area (Å²) in [5.74, 6) is 0.133. The molecule has 0 spiro atoms. The van der Waals surface area contributed by atoms with Crippen molar-refractivity contribution in [3.05, 3.63) is 69.8 Å². The summed E-state index contributed by atoms with van der Waals surface area (Å²) >= 11 is 3.46. The van der Waals surface area contributed by atoms with Crippen LogP contribution in [0.5, 0.6) is 0 Å². The highest BCUT2D eigenvalue weighted by molar-refractivity contribution is 9.10. The van der Waals surface area contributed by atoms with E-state index in [0.29, 0.717) is 23.6 Å². The molecule has 7 nitrogen and oxygen atoms in total. The lowest BCUT2D eigenvalue weighted by Gasteiger charge is -2.14. The predicted octanol–water partition coefficient (Wildman–Crippen LogP) is 3.86. The lowest BCUT2D eigenvalue weighted by atomic mass is 10.0. The molecule has 0 saturated heterocycles. The minimum atomic E-state index is -0.377. The quantitative estimate of drug-likeness (QED) is 0.601. The first-order valence-corrected chi connectivity index (χ1v) is 9.52. The molecule has 0 aliphatic carbocycles. The SMILES string of the molecule is Cc1c(NC(=O)NCC(C)c2ccncc2Br)nnn1Cc1ccccc1F. The van der Waals surface area contributed by atoms with Gasteiger partial charge in [-0.15, -0.1) is 5.10 Å². The minimum Gasteiger partial charge on any atom is -0.337 e. The van der Waals surface area contributed by atoms with Crippen molar-refractivity contribution in [2.24, 2.45) is 0 Å². The average molecular weight is 447 g/mol. The van der Waals surface area contributed by atoms with Gasteiger partial charge in [0.25, 0.3) is 0 Å². The van der Waals surface area contributed by atoms with Crippen molar-refractivity contribution in [3.63, 3.8) is 0 Å². The fraction of sp³-hybridized carbons (Fsp3) is 0.263. The molecular weight excluding hydrogens is 427 g/mol. The molecule has 0 aliphatic rings. The Balaban J connectivity index is 1.58. The summed E-state index contributed by atoms with van der Waals surface area (Å²) < 4.78 is 16.3. The fourth-order valence-corrected chi connectivity index (χ4v) is 3.35. The van der Waals surface area contributed by atoms with E-state index in [9.17, 15) is 9.18 Å². The zero-order valence-electron chi connectivity index (χ0n) is 15.5. The number of anilines is 1. The number of nitrogens with zero attached hydrogens (tertiary/aromatic N) is 4. The number of rotatable bonds is 6. The van der Waals surface area contributed by atoms with Crippen molar-refractivity contribution < 1.29 is 9.18 Å². The lowest BCUT2D eigenvalue weighted by molar-refractivity contribution is 0.251. The second-order valence-electron chi connectivity index (χ2n) is 6.41. The van der Waals surface area contributed by atoms with E-state index >= 15 is 0 Å². The smallest absolute Gasteiger partial charge is 0.320 e. The van der Waals surface area contributed by atoms with E-state index in [-0.39, 0.29) is 24.3 Å². The number of hydrogen-bond acceptors (Lipinski definition) is 4. The van der Waals surface area contributed by atoms with E-state index in [1.807, 2.05) is 13.0 Å². The number of amides is 2. The molecule has 1 aromatic carbocycles. The summed E-state index contributed by atoms with van der Waals surface area (Å²) in [6.07, 6.45) is 3.44. The number of halogens is 2. The number of nitrogens with one attached hydrogen (secondary N) is 2. The zero-order chi connectivity index (χ0) is 20.1. The molecule has 1 atom stereocenters. The minimum absolute atomic E-state index is 0.0981. The van der Waals surface area contributed by atoms with Gasteiger partial charge in [0.2, 0.25) is 0 Å². The van der Waals surface area contributed by atoms with Gasteiger partial charge in [-0.05, 0) is 46.5 Å². The second-order valence-corrected chi connectivity index (χ2v) is 7.26. The van der Waals surface area contributed by atoms with Gasteiger partial charge in [-0.1, -0.05) is 30.3 Å². The molecule has 28 heavy (non-hydrogen) atoms. The molecule has 3 rings (SSSR count). The topological polar surface area (TPSA) is 84.7 Å². The highest BCUT2D eigenvalue weighted by Gasteiger charge is 2.15. The first-order valence-electron chi connectivity index (χ1n) is 8.73. The summed E-state index contributed by atoms with van der Waals surface area (Å²) in [5.41, 5.74) is 2.20. The van der Waals surface area contributed by atoms with Crippen LogP contribution in [0.25, 0.3) is 0 Å². The Morgan fingerprint density at radius 3 is 2.86 bits per heavy atom. The molecule has 1 unspecified atom stereocenters. The molecule has 2 heterocycles. The largest absolute Gasteiger partial charge is 0.337 e. The van der Waals surface area contributed by atoms with Gasteiger partial charge in [-0.3, -0.25) is 10.3 Å². The number of hydrogen-bond donors (Lipinski definition) is 2. The summed E-state index contributed by atoms with van der Waals surface area (Å²) in [4.78, 5) is 16.3. The third kappa shape index (κ3) is 4.72. The Morgan fingerprint density at radius 2 is 2.11 bits per heavy atom. The van der Waals surface area contributed by atoms with Crippen LogP contribution in [0.2, 0.25) is 0 Å². The summed E-state index contributed by atoms with van der Waals surface area (Å²) in [6.45, 7) is 4.46. The maximum atomic E-state index is 13.8. The van der Waals surface area contributed by atoms with Gasteiger partial charge in [0.05, 0.1) is 12.2 Å². The van der Waals surface area contributed by atoms with Gasteiger partial charge < -0.3 is 5.32 Å². The van der Waals surface area contributed by atoms with Gasteiger partial charge in [0.15, 0.2) is 5.82 Å². The highest BCUT2D eigenvalue weighted by atomic mass is 79.9. The Bertz CT molecular complexity index is 977. The molecule has 0 bridgehead atoms. The van der Waals surface area contributed by atoms with E-state index in [1.54, 1.807) is 42.2 Å². The van der Waals surface area contributed by atoms with Crippen LogP contribution >= 0.6 is 15.9 Å². The molecule has 0 saturated carbocycles.